The SMILES string of the molecule is C=C1CC[C@H](O)CC1=CC=C1CCC[C@]2(C)[C@@H]([C@H](C)COC(=O)CI)CC[C@@H]12. The van der Waals surface area contributed by atoms with Gasteiger partial charge in [0.2, 0.25) is 0 Å². The number of hydrogen-bond acceptors (Lipinski definition) is 3. The van der Waals surface area contributed by atoms with Gasteiger partial charge in [-0.25, -0.2) is 0 Å². The van der Waals surface area contributed by atoms with Crippen molar-refractivity contribution in [2.24, 2.45) is 23.2 Å². The van der Waals surface area contributed by atoms with Gasteiger partial charge in [0.1, 0.15) is 0 Å². The average Bonchev–Trinajstić information content (AvgIpc) is 3.04. The van der Waals surface area contributed by atoms with Crippen molar-refractivity contribution in [1.29, 1.82) is 0 Å². The summed E-state index contributed by atoms with van der Waals surface area (Å²) in [6.07, 6.45) is 13.0. The van der Waals surface area contributed by atoms with E-state index in [0.29, 0.717) is 34.2 Å². The van der Waals surface area contributed by atoms with Gasteiger partial charge in [-0.05, 0) is 80.1 Å². The van der Waals surface area contributed by atoms with E-state index < -0.39 is 0 Å². The predicted octanol–water partition coefficient (Wildman–Crippen LogP) is 5.77. The second kappa shape index (κ2) is 9.46. The molecule has 0 saturated heterocycles. The number of halogens is 1. The minimum Gasteiger partial charge on any atom is -0.465 e. The maximum atomic E-state index is 11.6. The van der Waals surface area contributed by atoms with Crippen LogP contribution in [0.5, 0.6) is 0 Å². The third-order valence-electron chi connectivity index (χ3n) is 7.53. The Bertz CT molecular complexity index is 665. The van der Waals surface area contributed by atoms with Gasteiger partial charge >= 0.3 is 5.97 Å². The smallest absolute Gasteiger partial charge is 0.315 e. The molecule has 3 fully saturated rings. The van der Waals surface area contributed by atoms with E-state index in [1.807, 2.05) is 0 Å². The molecule has 0 amide bonds. The van der Waals surface area contributed by atoms with Crippen LogP contribution in [-0.4, -0.2) is 28.2 Å². The zero-order valence-electron chi connectivity index (χ0n) is 17.4. The molecule has 0 radical (unpaired) electrons. The summed E-state index contributed by atoms with van der Waals surface area (Å²) in [7, 11) is 0. The second-order valence-corrected chi connectivity index (χ2v) is 10.1. The summed E-state index contributed by atoms with van der Waals surface area (Å²) < 4.78 is 5.89. The highest BCUT2D eigenvalue weighted by molar-refractivity contribution is 14.1. The Morgan fingerprint density at radius 1 is 1.36 bits per heavy atom. The van der Waals surface area contributed by atoms with Crippen LogP contribution in [-0.2, 0) is 9.53 Å². The van der Waals surface area contributed by atoms with Gasteiger partial charge in [0.05, 0.1) is 17.1 Å². The third-order valence-corrected chi connectivity index (χ3v) is 8.15. The lowest BCUT2D eigenvalue weighted by Gasteiger charge is -2.44. The topological polar surface area (TPSA) is 46.5 Å². The van der Waals surface area contributed by atoms with Crippen LogP contribution < -0.4 is 0 Å². The summed E-state index contributed by atoms with van der Waals surface area (Å²) in [5.74, 6) is 1.56. The number of carbonyl (C=O) groups is 1. The monoisotopic (exact) mass is 498 g/mol. The van der Waals surface area contributed by atoms with E-state index in [2.05, 4.69) is 55.2 Å². The Balaban J connectivity index is 1.72. The summed E-state index contributed by atoms with van der Waals surface area (Å²) in [5.41, 5.74) is 4.30. The van der Waals surface area contributed by atoms with Crippen LogP contribution in [0, 0.1) is 23.2 Å². The molecular formula is C24H35IO3. The molecule has 156 valence electrons. The van der Waals surface area contributed by atoms with Gasteiger partial charge < -0.3 is 9.84 Å². The van der Waals surface area contributed by atoms with Gasteiger partial charge in [0, 0.05) is 0 Å². The summed E-state index contributed by atoms with van der Waals surface area (Å²) in [6.45, 7) is 9.48. The zero-order chi connectivity index (χ0) is 20.3. The normalized spacial score (nSPS) is 37.1. The molecule has 1 N–H and O–H groups in total. The molecule has 0 spiro atoms. The largest absolute Gasteiger partial charge is 0.465 e. The first kappa shape index (κ1) is 22.1. The van der Waals surface area contributed by atoms with Crippen LogP contribution in [0.1, 0.15) is 65.2 Å². The maximum Gasteiger partial charge on any atom is 0.315 e. The highest BCUT2D eigenvalue weighted by atomic mass is 127. The highest BCUT2D eigenvalue weighted by Gasteiger charge is 2.50. The Labute approximate surface area is 183 Å². The number of ether oxygens (including phenoxy) is 1. The molecule has 0 heterocycles. The fraction of sp³-hybridized carbons (Fsp3) is 0.708. The molecule has 0 unspecified atom stereocenters. The average molecular weight is 498 g/mol. The molecule has 3 nitrogen and oxygen atoms in total. The minimum absolute atomic E-state index is 0.0992. The van der Waals surface area contributed by atoms with Gasteiger partial charge in [0.25, 0.3) is 0 Å². The molecule has 0 bridgehead atoms. The molecule has 3 aliphatic rings. The molecule has 0 aromatic rings. The Hall–Kier alpha value is -0.620. The fourth-order valence-corrected chi connectivity index (χ4v) is 6.21. The van der Waals surface area contributed by atoms with Gasteiger partial charge in [0.15, 0.2) is 0 Å². The Morgan fingerprint density at radius 3 is 2.89 bits per heavy atom. The van der Waals surface area contributed by atoms with E-state index in [-0.39, 0.29) is 12.1 Å². The molecular weight excluding hydrogens is 463 g/mol. The first-order chi connectivity index (χ1) is 13.3. The number of hydrogen-bond donors (Lipinski definition) is 1. The zero-order valence-corrected chi connectivity index (χ0v) is 19.5. The van der Waals surface area contributed by atoms with Crippen molar-refractivity contribution >= 4 is 28.6 Å². The number of fused-ring (bicyclic) bond motifs is 1. The number of alkyl halides is 1. The van der Waals surface area contributed by atoms with E-state index >= 15 is 0 Å². The third kappa shape index (κ3) is 4.75. The standard InChI is InChI=1S/C24H35IO3/c1-16-6-9-20(26)13-19(16)8-7-18-5-4-12-24(3)21(10-11-22(18)24)17(2)15-28-23(27)14-25/h7-8,17,20-22,26H,1,4-6,9-15H2,2-3H3/t17-,20+,21-,22+,24-/m1/s1. The lowest BCUT2D eigenvalue weighted by Crippen LogP contribution is -2.37. The van der Waals surface area contributed by atoms with Gasteiger partial charge in [-0.1, -0.05) is 66.3 Å². The Morgan fingerprint density at radius 2 is 2.14 bits per heavy atom. The first-order valence-electron chi connectivity index (χ1n) is 10.8. The van der Waals surface area contributed by atoms with Gasteiger partial charge in [-0.15, -0.1) is 0 Å². The van der Waals surface area contributed by atoms with Gasteiger partial charge in [-0.2, -0.15) is 0 Å². The van der Waals surface area contributed by atoms with Crippen LogP contribution in [0.25, 0.3) is 0 Å². The Kier molecular flexibility index (Phi) is 7.46. The summed E-state index contributed by atoms with van der Waals surface area (Å²) in [4.78, 5) is 11.6. The number of rotatable bonds is 5. The van der Waals surface area contributed by atoms with Crippen molar-refractivity contribution in [2.75, 3.05) is 11.0 Å². The molecule has 3 aliphatic carbocycles. The van der Waals surface area contributed by atoms with E-state index in [0.717, 1.165) is 19.3 Å². The van der Waals surface area contributed by atoms with Crippen LogP contribution in [0.4, 0.5) is 0 Å². The van der Waals surface area contributed by atoms with Crippen LogP contribution in [0.15, 0.2) is 35.5 Å². The molecule has 4 heteroatoms. The number of carbonyl (C=O) groups excluding carboxylic acids is 1. The number of aliphatic hydroxyl groups excluding tert-OH is 1. The molecule has 5 atom stereocenters. The lowest BCUT2D eigenvalue weighted by molar-refractivity contribution is -0.142. The number of esters is 1. The quantitative estimate of drug-likeness (QED) is 0.297. The fourth-order valence-electron chi connectivity index (χ4n) is 5.99. The predicted molar refractivity (Wildman–Crippen MR) is 122 cm³/mol. The maximum absolute atomic E-state index is 11.6. The second-order valence-electron chi connectivity index (χ2n) is 9.32. The molecule has 0 aliphatic heterocycles. The summed E-state index contributed by atoms with van der Waals surface area (Å²) in [6, 6.07) is 0. The van der Waals surface area contributed by atoms with E-state index in [9.17, 15) is 9.90 Å². The number of aliphatic hydroxyl groups is 1. The van der Waals surface area contributed by atoms with Crippen molar-refractivity contribution in [2.45, 2.75) is 71.3 Å². The van der Waals surface area contributed by atoms with Gasteiger partial charge in [-0.3, -0.25) is 4.79 Å². The highest BCUT2D eigenvalue weighted by Crippen LogP contribution is 2.59. The lowest BCUT2D eigenvalue weighted by atomic mass is 9.61. The van der Waals surface area contributed by atoms with Crippen molar-refractivity contribution in [1.82, 2.24) is 0 Å². The summed E-state index contributed by atoms with van der Waals surface area (Å²) >= 11 is 2.06. The van der Waals surface area contributed by atoms with Crippen molar-refractivity contribution in [3.8, 4) is 0 Å². The summed E-state index contributed by atoms with van der Waals surface area (Å²) in [5, 5.41) is 9.99. The first-order valence-corrected chi connectivity index (χ1v) is 12.3. The number of allylic oxidation sites excluding steroid dienone is 4. The van der Waals surface area contributed by atoms with Crippen LogP contribution in [0.2, 0.25) is 0 Å². The van der Waals surface area contributed by atoms with E-state index in [1.54, 1.807) is 5.57 Å². The van der Waals surface area contributed by atoms with Crippen molar-refractivity contribution in [3.63, 3.8) is 0 Å². The van der Waals surface area contributed by atoms with Crippen LogP contribution in [0.3, 0.4) is 0 Å². The van der Waals surface area contributed by atoms with E-state index in [1.165, 1.54) is 43.3 Å². The van der Waals surface area contributed by atoms with Crippen molar-refractivity contribution in [3.05, 3.63) is 35.5 Å². The molecule has 3 rings (SSSR count). The molecule has 0 aromatic heterocycles. The van der Waals surface area contributed by atoms with E-state index in [4.69, 9.17) is 4.74 Å². The minimum atomic E-state index is -0.214. The molecule has 0 aromatic carbocycles. The molecule has 28 heavy (non-hydrogen) atoms. The van der Waals surface area contributed by atoms with Crippen molar-refractivity contribution < 1.29 is 14.6 Å². The van der Waals surface area contributed by atoms with Crippen LogP contribution >= 0.6 is 22.6 Å². The molecule has 3 saturated carbocycles.